The lowest BCUT2D eigenvalue weighted by Crippen LogP contribution is -2.46. The Bertz CT molecular complexity index is 1300. The number of ether oxygens (including phenoxy) is 2. The van der Waals surface area contributed by atoms with E-state index in [1.807, 2.05) is 25.2 Å². The molecular formula is C30H38F3N5O6. The van der Waals surface area contributed by atoms with Gasteiger partial charge in [0.15, 0.2) is 0 Å². The van der Waals surface area contributed by atoms with Crippen molar-refractivity contribution >= 4 is 23.3 Å². The highest BCUT2D eigenvalue weighted by atomic mass is 19.4. The van der Waals surface area contributed by atoms with Crippen LogP contribution in [0, 0.1) is 15.5 Å². The Morgan fingerprint density at radius 2 is 1.86 bits per heavy atom. The van der Waals surface area contributed by atoms with Gasteiger partial charge < -0.3 is 19.7 Å². The molecule has 0 radical (unpaired) electrons. The van der Waals surface area contributed by atoms with Crippen molar-refractivity contribution in [3.05, 3.63) is 57.8 Å². The number of hydrogen-bond donors (Lipinski definition) is 1. The first-order chi connectivity index (χ1) is 20.9. The van der Waals surface area contributed by atoms with Crippen LogP contribution < -0.4 is 5.32 Å². The zero-order chi connectivity index (χ0) is 31.9. The first-order valence-electron chi connectivity index (χ1n) is 14.9. The van der Waals surface area contributed by atoms with Crippen LogP contribution in [-0.2, 0) is 25.2 Å². The predicted molar refractivity (Wildman–Crippen MR) is 154 cm³/mol. The molecule has 2 aliphatic carbocycles. The van der Waals surface area contributed by atoms with Crippen LogP contribution in [0.5, 0.6) is 0 Å². The fraction of sp³-hybridized carbons (Fsp3) is 0.600. The molecule has 0 spiro atoms. The first kappa shape index (κ1) is 33.1. The summed E-state index contributed by atoms with van der Waals surface area (Å²) in [6.07, 6.45) is 5.42. The summed E-state index contributed by atoms with van der Waals surface area (Å²) in [6.45, 7) is 5.21. The van der Waals surface area contributed by atoms with E-state index in [0.717, 1.165) is 30.7 Å². The van der Waals surface area contributed by atoms with Gasteiger partial charge in [0.05, 0.1) is 34.8 Å². The summed E-state index contributed by atoms with van der Waals surface area (Å²) in [7, 11) is 0. The number of hydrogen-bond acceptors (Lipinski definition) is 9. The number of nitrogens with one attached hydrogen (secondary N) is 1. The summed E-state index contributed by atoms with van der Waals surface area (Å²) in [5.74, 6) is -0.296. The van der Waals surface area contributed by atoms with Crippen LogP contribution in [0.15, 0.2) is 52.4 Å². The Kier molecular flexibility index (Phi) is 10.8. The van der Waals surface area contributed by atoms with Gasteiger partial charge in [-0.05, 0) is 77.0 Å². The number of carbonyl (C=O) groups is 2. The Hall–Kier alpha value is -3.81. The lowest BCUT2D eigenvalue weighted by molar-refractivity contribution is -0.388. The van der Waals surface area contributed by atoms with Crippen molar-refractivity contribution in [2.24, 2.45) is 15.6 Å². The Labute approximate surface area is 253 Å². The van der Waals surface area contributed by atoms with E-state index in [-0.39, 0.29) is 42.4 Å². The number of benzene rings is 1. The van der Waals surface area contributed by atoms with Gasteiger partial charge in [-0.25, -0.2) is 0 Å². The first-order valence-corrected chi connectivity index (χ1v) is 14.9. The maximum absolute atomic E-state index is 13.2. The molecule has 3 aliphatic rings. The number of azo groups is 1. The van der Waals surface area contributed by atoms with Gasteiger partial charge in [-0.15, -0.1) is 0 Å². The Morgan fingerprint density at radius 3 is 2.45 bits per heavy atom. The van der Waals surface area contributed by atoms with Gasteiger partial charge in [0.25, 0.3) is 5.69 Å². The number of alkyl halides is 3. The minimum Gasteiger partial charge on any atom is -0.465 e. The molecule has 1 heterocycles. The van der Waals surface area contributed by atoms with Crippen LogP contribution in [0.2, 0.25) is 0 Å². The molecule has 44 heavy (non-hydrogen) atoms. The lowest BCUT2D eigenvalue weighted by atomic mass is 9.83. The fourth-order valence-electron chi connectivity index (χ4n) is 5.52. The highest BCUT2D eigenvalue weighted by molar-refractivity contribution is 5.79. The highest BCUT2D eigenvalue weighted by Crippen LogP contribution is 2.38. The molecule has 1 aliphatic heterocycles. The zero-order valence-electron chi connectivity index (χ0n) is 24.8. The third-order valence-electron chi connectivity index (χ3n) is 8.24. The summed E-state index contributed by atoms with van der Waals surface area (Å²) in [5.41, 5.74) is -2.18. The number of nitro groups is 1. The summed E-state index contributed by atoms with van der Waals surface area (Å²) in [6, 6.07) is 2.57. The van der Waals surface area contributed by atoms with E-state index in [0.29, 0.717) is 57.9 Å². The van der Waals surface area contributed by atoms with Crippen molar-refractivity contribution in [1.82, 2.24) is 10.2 Å². The molecule has 240 valence electrons. The van der Waals surface area contributed by atoms with Crippen molar-refractivity contribution in [2.75, 3.05) is 26.3 Å². The van der Waals surface area contributed by atoms with E-state index in [1.54, 1.807) is 11.8 Å². The Balaban J connectivity index is 1.15. The number of rotatable bonds is 10. The van der Waals surface area contributed by atoms with Crippen LogP contribution >= 0.6 is 0 Å². The third-order valence-corrected chi connectivity index (χ3v) is 8.24. The van der Waals surface area contributed by atoms with E-state index in [9.17, 15) is 32.9 Å². The monoisotopic (exact) mass is 621 g/mol. The zero-order valence-corrected chi connectivity index (χ0v) is 24.8. The second-order valence-corrected chi connectivity index (χ2v) is 11.5. The SMILES string of the molecule is CCOC(=O)C1(C)C=CC(NC2CCN(C(=O)COC3CCC(N=Nc4ccc([N+](=O)[O-])c(C(F)(F)F)c4)CC3)CC2)=CC1. The third kappa shape index (κ3) is 8.64. The molecule has 0 aromatic heterocycles. The molecule has 11 nitrogen and oxygen atoms in total. The number of allylic oxidation sites excluding steroid dienone is 2. The van der Waals surface area contributed by atoms with Crippen molar-refractivity contribution in [3.8, 4) is 0 Å². The van der Waals surface area contributed by atoms with Crippen LogP contribution in [0.3, 0.4) is 0 Å². The molecule has 2 fully saturated rings. The second kappa shape index (κ2) is 14.3. The molecule has 1 atom stereocenters. The molecule has 1 saturated heterocycles. The smallest absolute Gasteiger partial charge is 0.423 e. The molecule has 1 amide bonds. The average Bonchev–Trinajstić information content (AvgIpc) is 3.00. The van der Waals surface area contributed by atoms with Gasteiger partial charge in [0, 0.05) is 30.9 Å². The number of nitro benzene ring substituents is 1. The maximum atomic E-state index is 13.2. The number of likely N-dealkylation sites (tertiary alicyclic amines) is 1. The lowest BCUT2D eigenvalue weighted by Gasteiger charge is -2.34. The van der Waals surface area contributed by atoms with Crippen molar-refractivity contribution in [1.29, 1.82) is 0 Å². The number of halogens is 3. The van der Waals surface area contributed by atoms with Gasteiger partial charge in [0.2, 0.25) is 5.91 Å². The van der Waals surface area contributed by atoms with Crippen LogP contribution in [-0.4, -0.2) is 66.2 Å². The minimum absolute atomic E-state index is 0.0156. The highest BCUT2D eigenvalue weighted by Gasteiger charge is 2.38. The van der Waals surface area contributed by atoms with Gasteiger partial charge in [-0.2, -0.15) is 23.4 Å². The van der Waals surface area contributed by atoms with E-state index in [2.05, 4.69) is 15.5 Å². The fourth-order valence-corrected chi connectivity index (χ4v) is 5.52. The number of carbonyl (C=O) groups excluding carboxylic acids is 2. The van der Waals surface area contributed by atoms with Crippen LogP contribution in [0.1, 0.15) is 64.4 Å². The summed E-state index contributed by atoms with van der Waals surface area (Å²) < 4.78 is 50.7. The van der Waals surface area contributed by atoms with E-state index in [4.69, 9.17) is 9.47 Å². The Morgan fingerprint density at radius 1 is 1.16 bits per heavy atom. The van der Waals surface area contributed by atoms with Crippen LogP contribution in [0.4, 0.5) is 24.5 Å². The molecule has 1 saturated carbocycles. The standard InChI is InChI=1S/C30H38F3N5O6/c1-3-43-28(40)29(2)14-10-20(11-15-29)34-21-12-16-37(17-13-21)27(39)19-44-24-7-4-22(5-8-24)35-36-23-6-9-26(38(41)42)25(18-23)30(31,32)33/h6,9-11,14,18,21-22,24,34H,3-5,7-8,12-13,15-17,19H2,1-2H3. The maximum Gasteiger partial charge on any atom is 0.423 e. The number of piperidine rings is 1. The van der Waals surface area contributed by atoms with E-state index in [1.165, 1.54) is 0 Å². The largest absolute Gasteiger partial charge is 0.465 e. The van der Waals surface area contributed by atoms with E-state index < -0.39 is 27.8 Å². The number of esters is 1. The number of nitrogens with zero attached hydrogens (tertiary/aromatic N) is 4. The molecule has 1 N–H and O–H groups in total. The second-order valence-electron chi connectivity index (χ2n) is 11.5. The summed E-state index contributed by atoms with van der Waals surface area (Å²) in [5, 5.41) is 22.5. The van der Waals surface area contributed by atoms with Gasteiger partial charge in [-0.3, -0.25) is 19.7 Å². The molecule has 1 aromatic rings. The van der Waals surface area contributed by atoms with Crippen molar-refractivity contribution < 1.29 is 37.2 Å². The minimum atomic E-state index is -4.88. The molecule has 14 heteroatoms. The van der Waals surface area contributed by atoms with Crippen molar-refractivity contribution in [3.63, 3.8) is 0 Å². The molecule has 1 unspecified atom stereocenters. The predicted octanol–water partition coefficient (Wildman–Crippen LogP) is 6.02. The van der Waals surface area contributed by atoms with Gasteiger partial charge >= 0.3 is 12.1 Å². The quantitative estimate of drug-likeness (QED) is 0.146. The normalized spacial score (nSPS) is 24.7. The summed E-state index contributed by atoms with van der Waals surface area (Å²) >= 11 is 0. The van der Waals surface area contributed by atoms with Crippen LogP contribution in [0.25, 0.3) is 0 Å². The molecular weight excluding hydrogens is 583 g/mol. The van der Waals surface area contributed by atoms with E-state index >= 15 is 0 Å². The number of amides is 1. The van der Waals surface area contributed by atoms with Crippen molar-refractivity contribution in [2.45, 2.75) is 83.2 Å². The summed E-state index contributed by atoms with van der Waals surface area (Å²) in [4.78, 5) is 36.6. The topological polar surface area (TPSA) is 136 Å². The molecule has 4 rings (SSSR count). The molecule has 0 bridgehead atoms. The average molecular weight is 622 g/mol. The molecule has 1 aromatic carbocycles. The van der Waals surface area contributed by atoms with Gasteiger partial charge in [-0.1, -0.05) is 12.2 Å². The van der Waals surface area contributed by atoms with Gasteiger partial charge in [0.1, 0.15) is 12.2 Å².